The lowest BCUT2D eigenvalue weighted by atomic mass is 10.3. The first-order chi connectivity index (χ1) is 10.9. The van der Waals surface area contributed by atoms with Crippen molar-refractivity contribution in [3.8, 4) is 0 Å². The zero-order valence-electron chi connectivity index (χ0n) is 12.3. The minimum atomic E-state index is -6.00. The van der Waals surface area contributed by atoms with Crippen molar-refractivity contribution in [3.05, 3.63) is 0 Å². The molecule has 22 heteroatoms. The Morgan fingerprint density at radius 1 is 0.538 bits per heavy atom. The fourth-order valence-electron chi connectivity index (χ4n) is 0.209. The first-order valence-electron chi connectivity index (χ1n) is 5.59. The molecule has 0 nitrogen and oxygen atoms in total. The van der Waals surface area contributed by atoms with Gasteiger partial charge in [0.1, 0.15) is 0 Å². The smallest absolute Gasteiger partial charge is 0.418 e. The summed E-state index contributed by atoms with van der Waals surface area (Å²) in [6, 6.07) is 0. The quantitative estimate of drug-likeness (QED) is 0.204. The third-order valence-corrected chi connectivity index (χ3v) is 1.87. The van der Waals surface area contributed by atoms with Crippen LogP contribution in [-0.4, -0.2) is 46.3 Å². The van der Waals surface area contributed by atoms with E-state index in [2.05, 4.69) is 19.6 Å². The predicted molar refractivity (Wildman–Crippen MR) is 77.6 cm³/mol. The third kappa shape index (κ3) is 1540. The topological polar surface area (TPSA) is 0 Å². The summed E-state index contributed by atoms with van der Waals surface area (Å²) >= 11 is 5.97. The summed E-state index contributed by atoms with van der Waals surface area (Å²) in [6.07, 6.45) is 0. The van der Waals surface area contributed by atoms with Gasteiger partial charge in [-0.15, -0.1) is 0 Å². The highest BCUT2D eigenvalue weighted by Gasteiger charge is 2.21. The van der Waals surface area contributed by atoms with Gasteiger partial charge in [-0.05, 0) is 11.5 Å². The number of hydrogen-bond donors (Lipinski definition) is 1. The molecule has 0 spiro atoms. The van der Waals surface area contributed by atoms with E-state index < -0.39 is 29.0 Å². The van der Waals surface area contributed by atoms with Gasteiger partial charge in [0, 0.05) is 5.75 Å². The summed E-state index contributed by atoms with van der Waals surface area (Å²) in [4.78, 5) is 0. The average Bonchev–Trinajstić information content (AvgIpc) is 2.16. The molecule has 0 aromatic rings. The van der Waals surface area contributed by atoms with E-state index >= 15 is 0 Å². The highest BCUT2D eigenvalue weighted by molar-refractivity contribution is 7.99. The second kappa shape index (κ2) is 18.2. The summed E-state index contributed by atoms with van der Waals surface area (Å²) in [5.74, 6) is 3.43. The SMILES string of the molecule is CCSCCS.F[B-](F)(F)F.F[B-](F)(F)F.F[B-](F)(F)F.F[B-](F)(F)F. The Kier molecular flexibility index (Phi) is 25.7. The van der Waals surface area contributed by atoms with Gasteiger partial charge in [-0.2, -0.15) is 24.4 Å². The molecule has 0 saturated carbocycles. The molecule has 0 aliphatic rings. The van der Waals surface area contributed by atoms with Gasteiger partial charge >= 0.3 is 29.0 Å². The third-order valence-electron chi connectivity index (χ3n) is 0.440. The maximum atomic E-state index is 9.75. The summed E-state index contributed by atoms with van der Waals surface area (Å²) < 4.78 is 156. The van der Waals surface area contributed by atoms with Crippen molar-refractivity contribution in [2.45, 2.75) is 6.92 Å². The molecule has 26 heavy (non-hydrogen) atoms. The van der Waals surface area contributed by atoms with Gasteiger partial charge in [0.15, 0.2) is 0 Å². The first kappa shape index (κ1) is 36.7. The van der Waals surface area contributed by atoms with Gasteiger partial charge in [-0.25, -0.2) is 0 Å². The molecule has 0 radical (unpaired) electrons. The fourth-order valence-corrected chi connectivity index (χ4v) is 1.01. The Bertz CT molecular complexity index is 195. The Hall–Kier alpha value is -0.160. The lowest BCUT2D eigenvalue weighted by Crippen LogP contribution is -2.02. The van der Waals surface area contributed by atoms with Gasteiger partial charge in [-0.1, -0.05) is 6.92 Å². The minimum Gasteiger partial charge on any atom is -0.418 e. The van der Waals surface area contributed by atoms with Gasteiger partial charge in [-0.3, -0.25) is 0 Å². The minimum absolute atomic E-state index is 1.01. The summed E-state index contributed by atoms with van der Waals surface area (Å²) in [5, 5.41) is 0. The molecule has 0 fully saturated rings. The normalized spacial score (nSPS) is 11.3. The van der Waals surface area contributed by atoms with Crippen molar-refractivity contribution in [3.63, 3.8) is 0 Å². The van der Waals surface area contributed by atoms with Gasteiger partial charge in [0.05, 0.1) is 0 Å². The molecular weight excluding hydrogens is 459 g/mol. The van der Waals surface area contributed by atoms with Gasteiger partial charge < -0.3 is 69.1 Å². The van der Waals surface area contributed by atoms with Crippen LogP contribution in [0.25, 0.3) is 0 Å². The highest BCUT2D eigenvalue weighted by atomic mass is 32.2. The Morgan fingerprint density at radius 3 is 0.731 bits per heavy atom. The number of rotatable bonds is 3. The number of halogens is 16. The Balaban J connectivity index is -0.0000000708. The molecule has 0 N–H and O–H groups in total. The predicted octanol–water partition coefficient (Wildman–Crippen LogP) is 6.87. The van der Waals surface area contributed by atoms with E-state index in [1.807, 2.05) is 11.8 Å². The molecule has 0 bridgehead atoms. The zero-order chi connectivity index (χ0) is 22.8. The van der Waals surface area contributed by atoms with Crippen molar-refractivity contribution in [1.29, 1.82) is 0 Å². The summed E-state index contributed by atoms with van der Waals surface area (Å²) in [5.41, 5.74) is 0. The van der Waals surface area contributed by atoms with E-state index in [-0.39, 0.29) is 0 Å². The molecule has 166 valence electrons. The van der Waals surface area contributed by atoms with Crippen LogP contribution in [0.3, 0.4) is 0 Å². The van der Waals surface area contributed by atoms with E-state index in [0.717, 1.165) is 5.75 Å². The maximum Gasteiger partial charge on any atom is 0.673 e. The first-order valence-corrected chi connectivity index (χ1v) is 7.38. The van der Waals surface area contributed by atoms with Crippen LogP contribution in [0.2, 0.25) is 0 Å². The maximum absolute atomic E-state index is 9.75. The van der Waals surface area contributed by atoms with Crippen molar-refractivity contribution < 1.29 is 69.1 Å². The van der Waals surface area contributed by atoms with Crippen molar-refractivity contribution >= 4 is 53.4 Å². The van der Waals surface area contributed by atoms with Crippen LogP contribution in [0.15, 0.2) is 0 Å². The molecule has 0 aliphatic heterocycles. The standard InChI is InChI=1S/C4H10S2.4BF4/c1-2-6-4-3-5;4*2-1(3,4)5/h5H,2-4H2,1H3;;;;/q;4*-1. The molecule has 0 saturated heterocycles. The van der Waals surface area contributed by atoms with Gasteiger partial charge in [0.25, 0.3) is 0 Å². The van der Waals surface area contributed by atoms with Crippen LogP contribution in [0.4, 0.5) is 69.1 Å². The molecule has 0 aliphatic carbocycles. The molecule has 0 aromatic heterocycles. The second-order valence-electron chi connectivity index (χ2n) is 2.90. The number of thioether (sulfide) groups is 1. The second-order valence-corrected chi connectivity index (χ2v) is 4.74. The van der Waals surface area contributed by atoms with E-state index in [4.69, 9.17) is 0 Å². The van der Waals surface area contributed by atoms with E-state index in [9.17, 15) is 69.1 Å². The molecule has 0 aromatic carbocycles. The Labute approximate surface area is 147 Å². The molecule has 0 heterocycles. The van der Waals surface area contributed by atoms with Crippen molar-refractivity contribution in [1.82, 2.24) is 0 Å². The lowest BCUT2D eigenvalue weighted by molar-refractivity contribution is 0.366. The van der Waals surface area contributed by atoms with Crippen molar-refractivity contribution in [2.75, 3.05) is 17.3 Å². The monoisotopic (exact) mass is 470 g/mol. The molecule has 0 rings (SSSR count). The van der Waals surface area contributed by atoms with Crippen LogP contribution in [0, 0.1) is 0 Å². The van der Waals surface area contributed by atoms with E-state index in [0.29, 0.717) is 0 Å². The van der Waals surface area contributed by atoms with E-state index in [1.165, 1.54) is 11.5 Å². The molecule has 0 amide bonds. The van der Waals surface area contributed by atoms with Crippen LogP contribution in [0.1, 0.15) is 6.92 Å². The number of hydrogen-bond acceptors (Lipinski definition) is 2. The molecule has 0 unspecified atom stereocenters. The summed E-state index contributed by atoms with van der Waals surface area (Å²) in [6.45, 7) is 2.16. The van der Waals surface area contributed by atoms with Crippen molar-refractivity contribution in [2.24, 2.45) is 0 Å². The molecular formula is C4H10B4F16S2-4. The van der Waals surface area contributed by atoms with Gasteiger partial charge in [0.2, 0.25) is 0 Å². The Morgan fingerprint density at radius 2 is 0.692 bits per heavy atom. The number of thiol groups is 1. The van der Waals surface area contributed by atoms with E-state index in [1.54, 1.807) is 0 Å². The highest BCUT2D eigenvalue weighted by Crippen LogP contribution is 2.08. The fraction of sp³-hybridized carbons (Fsp3) is 1.00. The lowest BCUT2D eigenvalue weighted by Gasteiger charge is -1.94. The summed E-state index contributed by atoms with van der Waals surface area (Å²) in [7, 11) is -24.0. The van der Waals surface area contributed by atoms with Crippen LogP contribution < -0.4 is 0 Å². The van der Waals surface area contributed by atoms with Crippen LogP contribution >= 0.6 is 24.4 Å². The van der Waals surface area contributed by atoms with Crippen LogP contribution in [-0.2, 0) is 0 Å². The largest absolute Gasteiger partial charge is 0.673 e. The van der Waals surface area contributed by atoms with Crippen LogP contribution in [0.5, 0.6) is 0 Å². The zero-order valence-corrected chi connectivity index (χ0v) is 14.0. The molecule has 0 atom stereocenters. The average molecular weight is 469 g/mol.